The average molecular weight is 230 g/mol. The van der Waals surface area contributed by atoms with Crippen LogP contribution in [0.25, 0.3) is 0 Å². The molecular weight excluding hydrogens is 224 g/mol. The van der Waals surface area contributed by atoms with Crippen LogP contribution in [0.3, 0.4) is 0 Å². The summed E-state index contributed by atoms with van der Waals surface area (Å²) in [5.41, 5.74) is 0. The second kappa shape index (κ2) is 4.05. The maximum atomic E-state index is 11.4. The van der Waals surface area contributed by atoms with Crippen molar-refractivity contribution in [2.24, 2.45) is 0 Å². The maximum Gasteiger partial charge on any atom is 0.468 e. The maximum absolute atomic E-state index is 11.4. The van der Waals surface area contributed by atoms with Crippen LogP contribution >= 0.6 is 17.1 Å². The molecule has 0 aliphatic carbocycles. The predicted molar refractivity (Wildman–Crippen MR) is 40.3 cm³/mol. The van der Waals surface area contributed by atoms with E-state index >= 15 is 0 Å². The summed E-state index contributed by atoms with van der Waals surface area (Å²) in [6.07, 6.45) is -3.07. The molecule has 11 heavy (non-hydrogen) atoms. The predicted octanol–water partition coefficient (Wildman–Crippen LogP) is 2.19. The van der Waals surface area contributed by atoms with Crippen molar-refractivity contribution in [3.8, 4) is 0 Å². The quantitative estimate of drug-likeness (QED) is 0.581. The van der Waals surface area contributed by atoms with Gasteiger partial charge in [-0.2, -0.15) is 13.2 Å². The first-order valence-corrected chi connectivity index (χ1v) is 6.75. The van der Waals surface area contributed by atoms with Crippen LogP contribution in [0, 0.1) is 0 Å². The fourth-order valence-electron chi connectivity index (χ4n) is 0.206. The van der Waals surface area contributed by atoms with Gasteiger partial charge in [-0.15, -0.1) is 0 Å². The Morgan fingerprint density at radius 3 is 2.36 bits per heavy atom. The van der Waals surface area contributed by atoms with Crippen LogP contribution in [0.15, 0.2) is 0 Å². The molecule has 0 saturated carbocycles. The third-order valence-corrected chi connectivity index (χ3v) is 4.71. The van der Waals surface area contributed by atoms with E-state index in [1.165, 1.54) is 6.26 Å². The van der Waals surface area contributed by atoms with Crippen LogP contribution in [0.1, 0.15) is 0 Å². The molecule has 0 aromatic rings. The Bertz CT molecular complexity index is 176. The van der Waals surface area contributed by atoms with Gasteiger partial charge >= 0.3 is 12.0 Å². The zero-order valence-electron chi connectivity index (χ0n) is 5.43. The minimum absolute atomic E-state index is 0.678. The smallest absolute Gasteiger partial charge is 0.300 e. The largest absolute Gasteiger partial charge is 0.468 e. The molecule has 0 aliphatic heterocycles. The summed E-state index contributed by atoms with van der Waals surface area (Å²) in [6.45, 7) is -1.51. The van der Waals surface area contributed by atoms with Gasteiger partial charge in [0, 0.05) is 11.2 Å². The van der Waals surface area contributed by atoms with Crippen LogP contribution in [0.5, 0.6) is 0 Å². The first-order chi connectivity index (χ1) is 4.77. The minimum Gasteiger partial charge on any atom is -0.300 e. The SMILES string of the molecule is C[S+]=P(O)(Cl)OCC(F)(F)F. The van der Waals surface area contributed by atoms with Crippen LogP contribution in [0.2, 0.25) is 0 Å². The molecule has 8 heteroatoms. The topological polar surface area (TPSA) is 29.5 Å². The summed E-state index contributed by atoms with van der Waals surface area (Å²) in [5, 5.41) is 0. The molecule has 0 heterocycles. The second-order valence-corrected chi connectivity index (χ2v) is 7.61. The van der Waals surface area contributed by atoms with E-state index in [0.717, 1.165) is 0 Å². The Labute approximate surface area is 70.2 Å². The highest BCUT2D eigenvalue weighted by Crippen LogP contribution is 2.50. The van der Waals surface area contributed by atoms with Gasteiger partial charge in [0.25, 0.3) is 0 Å². The normalized spacial score (nSPS) is 17.6. The lowest BCUT2D eigenvalue weighted by Gasteiger charge is -2.05. The highest BCUT2D eigenvalue weighted by molar-refractivity contribution is 8.29. The zero-order valence-corrected chi connectivity index (χ0v) is 7.90. The molecule has 1 N–H and O–H groups in total. The molecule has 0 bridgehead atoms. The Morgan fingerprint density at radius 2 is 2.09 bits per heavy atom. The van der Waals surface area contributed by atoms with Crippen LogP contribution < -0.4 is 0 Å². The second-order valence-electron chi connectivity index (χ2n) is 1.52. The molecule has 0 fully saturated rings. The molecule has 2 nitrogen and oxygen atoms in total. The van der Waals surface area contributed by atoms with Gasteiger partial charge in [0.15, 0.2) is 12.9 Å². The monoisotopic (exact) mass is 229 g/mol. The Hall–Kier alpha value is 0.650. The summed E-state index contributed by atoms with van der Waals surface area (Å²) in [6, 6.07) is 0. The molecule has 0 spiro atoms. The molecule has 0 rings (SSSR count). The zero-order chi connectivity index (χ0) is 9.12. The molecule has 0 aliphatic rings. The van der Waals surface area contributed by atoms with Crippen molar-refractivity contribution < 1.29 is 22.6 Å². The van der Waals surface area contributed by atoms with Gasteiger partial charge in [0.05, 0.1) is 0 Å². The minimum atomic E-state index is -4.45. The fourth-order valence-corrected chi connectivity index (χ4v) is 1.24. The van der Waals surface area contributed by atoms with Crippen LogP contribution in [-0.4, -0.2) is 23.9 Å². The summed E-state index contributed by atoms with van der Waals surface area (Å²) in [5.74, 6) is -3.35. The van der Waals surface area contributed by atoms with Gasteiger partial charge in [0.1, 0.15) is 0 Å². The van der Waals surface area contributed by atoms with Crippen LogP contribution in [0.4, 0.5) is 13.2 Å². The lowest BCUT2D eigenvalue weighted by Crippen LogP contribution is -2.15. The van der Waals surface area contributed by atoms with E-state index in [0.29, 0.717) is 10.9 Å². The van der Waals surface area contributed by atoms with E-state index in [1.54, 1.807) is 0 Å². The first-order valence-electron chi connectivity index (χ1n) is 2.35. The molecule has 1 atom stereocenters. The highest BCUT2D eigenvalue weighted by atomic mass is 35.7. The molecule has 0 aromatic heterocycles. The number of hydrogen-bond acceptors (Lipinski definition) is 1. The van der Waals surface area contributed by atoms with Crippen molar-refractivity contribution in [1.29, 1.82) is 0 Å². The first kappa shape index (κ1) is 11.6. The van der Waals surface area contributed by atoms with Gasteiger partial charge < -0.3 is 0 Å². The summed E-state index contributed by atoms with van der Waals surface area (Å²) in [4.78, 5) is 8.80. The number of alkyl halides is 3. The van der Waals surface area contributed by atoms with E-state index in [2.05, 4.69) is 4.52 Å². The number of halogens is 4. The van der Waals surface area contributed by atoms with E-state index in [1.807, 2.05) is 0 Å². The third kappa shape index (κ3) is 7.03. The van der Waals surface area contributed by atoms with Gasteiger partial charge in [-0.1, -0.05) is 0 Å². The Kier molecular flexibility index (Phi) is 4.29. The van der Waals surface area contributed by atoms with Crippen molar-refractivity contribution in [1.82, 2.24) is 0 Å². The van der Waals surface area contributed by atoms with Crippen molar-refractivity contribution in [3.63, 3.8) is 0 Å². The van der Waals surface area contributed by atoms with E-state index < -0.39 is 18.6 Å². The molecule has 0 aromatic carbocycles. The van der Waals surface area contributed by atoms with E-state index in [-0.39, 0.29) is 0 Å². The van der Waals surface area contributed by atoms with Gasteiger partial charge in [0.2, 0.25) is 10.9 Å². The molecule has 0 amide bonds. The van der Waals surface area contributed by atoms with E-state index in [9.17, 15) is 13.2 Å². The van der Waals surface area contributed by atoms with Gasteiger partial charge in [-0.3, -0.25) is 9.42 Å². The van der Waals surface area contributed by atoms with Gasteiger partial charge in [-0.25, -0.2) is 0 Å². The number of rotatable bonds is 2. The highest BCUT2D eigenvalue weighted by Gasteiger charge is 2.34. The average Bonchev–Trinajstić information content (AvgIpc) is 1.83. The molecule has 68 valence electrons. The summed E-state index contributed by atoms with van der Waals surface area (Å²) < 4.78 is 38.3. The molecule has 0 radical (unpaired) electrons. The lowest BCUT2D eigenvalue weighted by molar-refractivity contribution is -0.153. The Morgan fingerprint density at radius 1 is 1.64 bits per heavy atom. The van der Waals surface area contributed by atoms with Crippen molar-refractivity contribution in [2.75, 3.05) is 12.9 Å². The van der Waals surface area contributed by atoms with E-state index in [4.69, 9.17) is 16.1 Å². The molecule has 0 saturated heterocycles. The van der Waals surface area contributed by atoms with Gasteiger partial charge in [-0.05, 0) is 0 Å². The van der Waals surface area contributed by atoms with Crippen molar-refractivity contribution in [3.05, 3.63) is 0 Å². The molecule has 1 unspecified atom stereocenters. The molecular formula is C3H6ClF3O2PS+. The lowest BCUT2D eigenvalue weighted by atomic mass is 10.7. The fraction of sp³-hybridized carbons (Fsp3) is 1.00. The van der Waals surface area contributed by atoms with Crippen molar-refractivity contribution >= 4 is 28.0 Å². The number of hydrogen-bond donors (Lipinski definition) is 1. The summed E-state index contributed by atoms with van der Waals surface area (Å²) in [7, 11) is 0.678. The summed E-state index contributed by atoms with van der Waals surface area (Å²) >= 11 is 5.13. The van der Waals surface area contributed by atoms with Crippen molar-refractivity contribution in [2.45, 2.75) is 6.18 Å². The van der Waals surface area contributed by atoms with Crippen LogP contribution in [-0.2, 0) is 15.5 Å². The Balaban J connectivity index is 3.91. The third-order valence-electron chi connectivity index (χ3n) is 0.613. The standard InChI is InChI=1S/C3H6ClF3O2PS/c1-11-10(4,8)9-2-3(5,6)7/h8H,2H2,1H3/q+1.